The normalized spacial score (nSPS) is 13.6. The van der Waals surface area contributed by atoms with Crippen LogP contribution in [0.25, 0.3) is 0 Å². The molecule has 0 bridgehead atoms. The van der Waals surface area contributed by atoms with Crippen LogP contribution in [0.4, 0.5) is 0 Å². The molecule has 0 saturated carbocycles. The number of hydrogen-bond donors (Lipinski definition) is 1. The molecule has 1 aromatic rings. The maximum absolute atomic E-state index is 10.9. The third-order valence-corrected chi connectivity index (χ3v) is 9.45. The van der Waals surface area contributed by atoms with Gasteiger partial charge < -0.3 is 5.32 Å². The molecular weight excluding hydrogens is 350 g/mol. The number of carbonyl (C=O) groups is 1. The summed E-state index contributed by atoms with van der Waals surface area (Å²) in [6.45, 7) is 2.28. The van der Waals surface area contributed by atoms with Gasteiger partial charge >= 0.3 is 0 Å². The van der Waals surface area contributed by atoms with E-state index >= 15 is 0 Å². The zero-order chi connectivity index (χ0) is 17.3. The second-order valence-corrected chi connectivity index (χ2v) is 14.2. The zero-order valence-corrected chi connectivity index (χ0v) is 17.2. The predicted octanol–water partition coefficient (Wildman–Crippen LogP) is 3.07. The van der Waals surface area contributed by atoms with Gasteiger partial charge in [0.2, 0.25) is 5.91 Å². The lowest BCUT2D eigenvalue weighted by atomic mass is 10.5. The van der Waals surface area contributed by atoms with Gasteiger partial charge in [0.25, 0.3) is 0 Å². The Bertz CT molecular complexity index is 484. The van der Waals surface area contributed by atoms with Crippen molar-refractivity contribution in [1.29, 1.82) is 0 Å². The maximum atomic E-state index is 10.9. The van der Waals surface area contributed by atoms with Crippen molar-refractivity contribution in [3.8, 4) is 0 Å². The van der Waals surface area contributed by atoms with Crippen LogP contribution in [-0.4, -0.2) is 64.7 Å². The SMILES string of the molecule is CC(=O)NCCCS(C)(C)OS(C)(C)CCSc1ncccn1. The smallest absolute Gasteiger partial charge is 0.216 e. The van der Waals surface area contributed by atoms with Crippen molar-refractivity contribution in [2.45, 2.75) is 18.5 Å². The first-order valence-electron chi connectivity index (χ1n) is 7.47. The molecule has 0 aliphatic carbocycles. The average molecular weight is 380 g/mol. The molecule has 0 aromatic carbocycles. The van der Waals surface area contributed by atoms with E-state index < -0.39 is 20.6 Å². The number of hydrogen-bond acceptors (Lipinski definition) is 5. The van der Waals surface area contributed by atoms with Crippen molar-refractivity contribution >= 4 is 38.3 Å². The Balaban J connectivity index is 2.32. The first kappa shape index (κ1) is 20.6. The number of nitrogens with one attached hydrogen (secondary N) is 1. The summed E-state index contributed by atoms with van der Waals surface area (Å²) < 4.78 is 6.47. The van der Waals surface area contributed by atoms with E-state index in [9.17, 15) is 4.79 Å². The molecule has 0 aliphatic heterocycles. The van der Waals surface area contributed by atoms with Gasteiger partial charge in [-0.15, -0.1) is 20.6 Å². The van der Waals surface area contributed by atoms with Gasteiger partial charge in [0.05, 0.1) is 0 Å². The van der Waals surface area contributed by atoms with Gasteiger partial charge in [-0.2, -0.15) is 0 Å². The molecule has 8 heteroatoms. The van der Waals surface area contributed by atoms with E-state index in [1.165, 1.54) is 0 Å². The summed E-state index contributed by atoms with van der Waals surface area (Å²) >= 11 is 1.68. The van der Waals surface area contributed by atoms with E-state index in [1.54, 1.807) is 31.1 Å². The van der Waals surface area contributed by atoms with Crippen molar-refractivity contribution in [3.05, 3.63) is 18.5 Å². The second kappa shape index (κ2) is 9.76. The summed E-state index contributed by atoms with van der Waals surface area (Å²) in [5, 5.41) is 3.67. The Labute approximate surface area is 147 Å². The van der Waals surface area contributed by atoms with Crippen LogP contribution in [-0.2, 0) is 8.42 Å². The quantitative estimate of drug-likeness (QED) is 0.384. The Kier molecular flexibility index (Phi) is 8.74. The highest BCUT2D eigenvalue weighted by Gasteiger charge is 2.22. The number of carbonyl (C=O) groups excluding carboxylic acids is 1. The number of aromatic nitrogens is 2. The van der Waals surface area contributed by atoms with Crippen LogP contribution in [0.2, 0.25) is 0 Å². The minimum absolute atomic E-state index is 0.0323. The molecule has 134 valence electrons. The largest absolute Gasteiger partial charge is 0.356 e. The summed E-state index contributed by atoms with van der Waals surface area (Å²) in [6.07, 6.45) is 13.4. The van der Waals surface area contributed by atoms with Crippen molar-refractivity contribution in [1.82, 2.24) is 15.3 Å². The van der Waals surface area contributed by atoms with Crippen molar-refractivity contribution in [2.75, 3.05) is 48.8 Å². The lowest BCUT2D eigenvalue weighted by Gasteiger charge is -2.42. The van der Waals surface area contributed by atoms with E-state index in [-0.39, 0.29) is 5.91 Å². The molecule has 1 N–H and O–H groups in total. The van der Waals surface area contributed by atoms with E-state index in [1.807, 2.05) is 6.07 Å². The lowest BCUT2D eigenvalue weighted by molar-refractivity contribution is -0.118. The molecule has 0 radical (unpaired) electrons. The highest BCUT2D eigenvalue weighted by atomic mass is 32.3. The summed E-state index contributed by atoms with van der Waals surface area (Å²) in [7, 11) is -2.18. The van der Waals surface area contributed by atoms with Crippen LogP contribution in [0.1, 0.15) is 13.3 Å². The second-order valence-electron chi connectivity index (χ2n) is 6.07. The molecule has 1 aromatic heterocycles. The zero-order valence-electron chi connectivity index (χ0n) is 14.7. The molecule has 0 unspecified atom stereocenters. The Hall–Kier alpha value is -0.440. The third-order valence-electron chi connectivity index (χ3n) is 2.90. The summed E-state index contributed by atoms with van der Waals surface area (Å²) in [4.78, 5) is 19.3. The van der Waals surface area contributed by atoms with Gasteiger partial charge in [0.15, 0.2) is 5.16 Å². The minimum Gasteiger partial charge on any atom is -0.356 e. The van der Waals surface area contributed by atoms with Gasteiger partial charge in [0.1, 0.15) is 0 Å². The molecule has 0 spiro atoms. The van der Waals surface area contributed by atoms with Gasteiger partial charge in [0, 0.05) is 43.1 Å². The number of thioether (sulfide) groups is 1. The molecule has 1 rings (SSSR count). The van der Waals surface area contributed by atoms with Gasteiger partial charge in [-0.25, -0.2) is 9.97 Å². The predicted molar refractivity (Wildman–Crippen MR) is 106 cm³/mol. The molecule has 0 atom stereocenters. The van der Waals surface area contributed by atoms with Crippen LogP contribution >= 0.6 is 32.4 Å². The molecule has 5 nitrogen and oxygen atoms in total. The molecule has 23 heavy (non-hydrogen) atoms. The fourth-order valence-corrected chi connectivity index (χ4v) is 9.71. The monoisotopic (exact) mass is 379 g/mol. The van der Waals surface area contributed by atoms with Gasteiger partial charge in [-0.3, -0.25) is 8.42 Å². The highest BCUT2D eigenvalue weighted by Crippen LogP contribution is 2.57. The minimum atomic E-state index is -1.09. The van der Waals surface area contributed by atoms with Crippen molar-refractivity contribution in [3.63, 3.8) is 0 Å². The van der Waals surface area contributed by atoms with Crippen LogP contribution in [0.15, 0.2) is 23.6 Å². The van der Waals surface area contributed by atoms with Crippen LogP contribution in [0, 0.1) is 0 Å². The van der Waals surface area contributed by atoms with E-state index in [2.05, 4.69) is 40.3 Å². The molecule has 1 amide bonds. The summed E-state index contributed by atoms with van der Waals surface area (Å²) in [5.74, 6) is 3.04. The first-order valence-corrected chi connectivity index (χ1v) is 13.5. The maximum Gasteiger partial charge on any atom is 0.216 e. The average Bonchev–Trinajstić information content (AvgIpc) is 2.43. The third kappa shape index (κ3) is 10.1. The first-order chi connectivity index (χ1) is 10.7. The number of amides is 1. The molecule has 0 fully saturated rings. The van der Waals surface area contributed by atoms with E-state index in [0.29, 0.717) is 0 Å². The Morgan fingerprint density at radius 2 is 1.78 bits per heavy atom. The van der Waals surface area contributed by atoms with Crippen molar-refractivity contribution in [2.24, 2.45) is 0 Å². The Morgan fingerprint density at radius 3 is 2.39 bits per heavy atom. The molecule has 0 aliphatic rings. The lowest BCUT2D eigenvalue weighted by Crippen LogP contribution is -2.23. The summed E-state index contributed by atoms with van der Waals surface area (Å²) in [6, 6.07) is 1.83. The highest BCUT2D eigenvalue weighted by molar-refractivity contribution is 8.41. The molecular formula is C15H29N3O2S3. The van der Waals surface area contributed by atoms with Crippen molar-refractivity contribution < 1.29 is 8.42 Å². The molecule has 1 heterocycles. The van der Waals surface area contributed by atoms with Crippen LogP contribution in [0.3, 0.4) is 0 Å². The van der Waals surface area contributed by atoms with E-state index in [4.69, 9.17) is 3.63 Å². The fourth-order valence-electron chi connectivity index (χ4n) is 1.94. The van der Waals surface area contributed by atoms with Gasteiger partial charge in [-0.05, 0) is 37.5 Å². The molecule has 0 saturated heterocycles. The Morgan fingerprint density at radius 1 is 1.17 bits per heavy atom. The standard InChI is InChI=1S/C15H29N3O2S3/c1-14(19)16-10-7-12-22(2,3)20-23(4,5)13-11-21-15-17-8-6-9-18-15/h6,8-9H,7,10-13H2,1-5H3,(H,16,19). The van der Waals surface area contributed by atoms with Crippen LogP contribution < -0.4 is 5.32 Å². The van der Waals surface area contributed by atoms with Crippen LogP contribution in [0.5, 0.6) is 0 Å². The topological polar surface area (TPSA) is 64.1 Å². The number of rotatable bonds is 10. The fraction of sp³-hybridized carbons (Fsp3) is 0.667. The van der Waals surface area contributed by atoms with E-state index in [0.717, 1.165) is 35.4 Å². The van der Waals surface area contributed by atoms with Gasteiger partial charge in [-0.1, -0.05) is 11.8 Å². The summed E-state index contributed by atoms with van der Waals surface area (Å²) in [5.41, 5.74) is 0. The number of nitrogens with zero attached hydrogens (tertiary/aromatic N) is 2.